The van der Waals surface area contributed by atoms with Gasteiger partial charge in [-0.05, 0) is 31.2 Å². The van der Waals surface area contributed by atoms with Crippen LogP contribution in [0.1, 0.15) is 17.3 Å². The average molecular weight is 369 g/mol. The van der Waals surface area contributed by atoms with Gasteiger partial charge in [0.2, 0.25) is 0 Å². The maximum Gasteiger partial charge on any atom is 0.351 e. The predicted octanol–water partition coefficient (Wildman–Crippen LogP) is 1.69. The van der Waals surface area contributed by atoms with Gasteiger partial charge in [-0.2, -0.15) is 10.2 Å². The van der Waals surface area contributed by atoms with Crippen LogP contribution in [-0.2, 0) is 17.1 Å². The van der Waals surface area contributed by atoms with E-state index in [1.807, 2.05) is 31.2 Å². The molecule has 0 bridgehead atoms. The van der Waals surface area contributed by atoms with Crippen molar-refractivity contribution >= 4 is 23.9 Å². The number of hydrogen-bond acceptors (Lipinski definition) is 6. The third-order valence-corrected chi connectivity index (χ3v) is 4.86. The molecule has 1 aromatic carbocycles. The van der Waals surface area contributed by atoms with Crippen molar-refractivity contribution in [3.8, 4) is 5.69 Å². The molecule has 3 heterocycles. The summed E-state index contributed by atoms with van der Waals surface area (Å²) in [5.74, 6) is 2.05. The van der Waals surface area contributed by atoms with Crippen LogP contribution in [0, 0.1) is 6.92 Å². The second kappa shape index (κ2) is 6.68. The van der Waals surface area contributed by atoms with E-state index in [1.165, 1.54) is 6.21 Å². The molecule has 1 aliphatic rings. The normalized spacial score (nSPS) is 12.8. The number of rotatable bonds is 4. The van der Waals surface area contributed by atoms with Gasteiger partial charge < -0.3 is 4.42 Å². The summed E-state index contributed by atoms with van der Waals surface area (Å²) in [4.78, 5) is 25.7. The molecule has 0 radical (unpaired) electrons. The quantitative estimate of drug-likeness (QED) is 0.558. The SMILES string of the molecule is Cc1ccc(/C=N/NC(=O)Cn2nc3n(c2=O)-c2ccccc2SC3)o1. The number of hydrogen-bond donors (Lipinski definition) is 1. The van der Waals surface area contributed by atoms with Crippen LogP contribution in [0.5, 0.6) is 0 Å². The minimum atomic E-state index is -0.442. The molecule has 0 saturated carbocycles. The second-order valence-electron chi connectivity index (χ2n) is 5.69. The summed E-state index contributed by atoms with van der Waals surface area (Å²) in [6.45, 7) is 1.61. The molecule has 0 atom stereocenters. The largest absolute Gasteiger partial charge is 0.460 e. The maximum atomic E-state index is 12.6. The lowest BCUT2D eigenvalue weighted by molar-refractivity contribution is -0.121. The number of amides is 1. The summed E-state index contributed by atoms with van der Waals surface area (Å²) < 4.78 is 8.02. The summed E-state index contributed by atoms with van der Waals surface area (Å²) in [5.41, 5.74) is 2.83. The number of hydrazone groups is 1. The third-order valence-electron chi connectivity index (χ3n) is 3.80. The summed E-state index contributed by atoms with van der Waals surface area (Å²) in [6, 6.07) is 11.2. The molecule has 3 aromatic rings. The zero-order valence-electron chi connectivity index (χ0n) is 13.9. The van der Waals surface area contributed by atoms with E-state index < -0.39 is 5.91 Å². The Kier molecular flexibility index (Phi) is 4.21. The first-order valence-electron chi connectivity index (χ1n) is 7.91. The van der Waals surface area contributed by atoms with Gasteiger partial charge in [0.05, 0.1) is 17.7 Å². The minimum Gasteiger partial charge on any atom is -0.460 e. The molecular formula is C17H15N5O3S. The topological polar surface area (TPSA) is 94.4 Å². The third kappa shape index (κ3) is 3.08. The summed E-state index contributed by atoms with van der Waals surface area (Å²) in [7, 11) is 0. The minimum absolute atomic E-state index is 0.208. The molecule has 0 saturated heterocycles. The standard InChI is InChI=1S/C17H15N5O3S/c1-11-6-7-12(25-11)8-18-19-16(23)9-21-17(24)22-13-4-2-3-5-14(13)26-10-15(22)20-21/h2-8H,9-10H2,1H3,(H,19,23)/b18-8+. The van der Waals surface area contributed by atoms with Gasteiger partial charge >= 0.3 is 5.69 Å². The highest BCUT2D eigenvalue weighted by Gasteiger charge is 2.22. The molecule has 1 N–H and O–H groups in total. The molecule has 9 heteroatoms. The zero-order valence-corrected chi connectivity index (χ0v) is 14.7. The number of carbonyl (C=O) groups is 1. The fraction of sp³-hybridized carbons (Fsp3) is 0.176. The number of aromatic nitrogens is 3. The lowest BCUT2D eigenvalue weighted by Crippen LogP contribution is -2.31. The van der Waals surface area contributed by atoms with Crippen LogP contribution < -0.4 is 11.1 Å². The lowest BCUT2D eigenvalue weighted by Gasteiger charge is -2.15. The first-order valence-corrected chi connectivity index (χ1v) is 8.89. The number of thioether (sulfide) groups is 1. The Bertz CT molecular complexity index is 1060. The highest BCUT2D eigenvalue weighted by atomic mass is 32.2. The molecule has 26 heavy (non-hydrogen) atoms. The molecule has 1 amide bonds. The second-order valence-corrected chi connectivity index (χ2v) is 6.71. The van der Waals surface area contributed by atoms with E-state index in [0.29, 0.717) is 17.3 Å². The molecule has 0 unspecified atom stereocenters. The summed E-state index contributed by atoms with van der Waals surface area (Å²) >= 11 is 1.62. The van der Waals surface area contributed by atoms with Crippen molar-refractivity contribution < 1.29 is 9.21 Å². The number of fused-ring (bicyclic) bond motifs is 3. The van der Waals surface area contributed by atoms with Crippen molar-refractivity contribution in [3.05, 3.63) is 64.2 Å². The van der Waals surface area contributed by atoms with E-state index in [9.17, 15) is 9.59 Å². The number of carbonyl (C=O) groups excluding carboxylic acids is 1. The van der Waals surface area contributed by atoms with Crippen LogP contribution in [0.4, 0.5) is 0 Å². The molecule has 132 valence electrons. The van der Waals surface area contributed by atoms with Crippen LogP contribution in [0.3, 0.4) is 0 Å². The zero-order chi connectivity index (χ0) is 18.1. The van der Waals surface area contributed by atoms with Gasteiger partial charge in [-0.15, -0.1) is 11.8 Å². The smallest absolute Gasteiger partial charge is 0.351 e. The Balaban J connectivity index is 1.50. The number of benzene rings is 1. The molecule has 0 fully saturated rings. The Morgan fingerprint density at radius 3 is 3.04 bits per heavy atom. The van der Waals surface area contributed by atoms with E-state index in [4.69, 9.17) is 4.42 Å². The van der Waals surface area contributed by atoms with Crippen molar-refractivity contribution in [2.75, 3.05) is 0 Å². The van der Waals surface area contributed by atoms with Crippen molar-refractivity contribution in [2.45, 2.75) is 24.1 Å². The van der Waals surface area contributed by atoms with Crippen molar-refractivity contribution in [1.82, 2.24) is 19.8 Å². The monoisotopic (exact) mass is 369 g/mol. The first-order chi connectivity index (χ1) is 12.6. The van der Waals surface area contributed by atoms with Crippen molar-refractivity contribution in [2.24, 2.45) is 5.10 Å². The van der Waals surface area contributed by atoms with Gasteiger partial charge in [-0.25, -0.2) is 19.5 Å². The van der Waals surface area contributed by atoms with E-state index in [2.05, 4.69) is 15.6 Å². The fourth-order valence-electron chi connectivity index (χ4n) is 2.66. The van der Waals surface area contributed by atoms with E-state index in [1.54, 1.807) is 28.5 Å². The van der Waals surface area contributed by atoms with Crippen LogP contribution in [0.2, 0.25) is 0 Å². The van der Waals surface area contributed by atoms with Gasteiger partial charge in [0.15, 0.2) is 0 Å². The Labute approximate surface area is 152 Å². The number of nitrogens with one attached hydrogen (secondary N) is 1. The molecule has 0 aliphatic carbocycles. The van der Waals surface area contributed by atoms with Crippen LogP contribution in [-0.4, -0.2) is 26.5 Å². The lowest BCUT2D eigenvalue weighted by atomic mass is 10.3. The van der Waals surface area contributed by atoms with Gasteiger partial charge in [-0.3, -0.25) is 4.79 Å². The van der Waals surface area contributed by atoms with Crippen molar-refractivity contribution in [3.63, 3.8) is 0 Å². The molecule has 1 aliphatic heterocycles. The highest BCUT2D eigenvalue weighted by Crippen LogP contribution is 2.32. The average Bonchev–Trinajstić information content (AvgIpc) is 3.18. The molecule has 8 nitrogen and oxygen atoms in total. The Hall–Kier alpha value is -3.07. The molecular weight excluding hydrogens is 354 g/mol. The first kappa shape index (κ1) is 16.4. The van der Waals surface area contributed by atoms with Gasteiger partial charge in [-0.1, -0.05) is 12.1 Å². The highest BCUT2D eigenvalue weighted by molar-refractivity contribution is 7.98. The predicted molar refractivity (Wildman–Crippen MR) is 96.6 cm³/mol. The van der Waals surface area contributed by atoms with E-state index in [-0.39, 0.29) is 12.2 Å². The van der Waals surface area contributed by atoms with Crippen LogP contribution in [0.15, 0.2) is 55.6 Å². The number of nitrogens with zero attached hydrogens (tertiary/aromatic N) is 4. The number of aryl methyl sites for hydroxylation is 1. The summed E-state index contributed by atoms with van der Waals surface area (Å²) in [6.07, 6.45) is 1.40. The Morgan fingerprint density at radius 2 is 2.23 bits per heavy atom. The van der Waals surface area contributed by atoms with E-state index >= 15 is 0 Å². The van der Waals surface area contributed by atoms with Gasteiger partial charge in [0.25, 0.3) is 5.91 Å². The van der Waals surface area contributed by atoms with Gasteiger partial charge in [0.1, 0.15) is 23.9 Å². The van der Waals surface area contributed by atoms with Crippen molar-refractivity contribution in [1.29, 1.82) is 0 Å². The van der Waals surface area contributed by atoms with Crippen LogP contribution >= 0.6 is 11.8 Å². The number of furan rings is 1. The molecule has 0 spiro atoms. The Morgan fingerprint density at radius 1 is 1.38 bits per heavy atom. The summed E-state index contributed by atoms with van der Waals surface area (Å²) in [5, 5.41) is 8.10. The molecule has 4 rings (SSSR count). The van der Waals surface area contributed by atoms with Crippen LogP contribution in [0.25, 0.3) is 5.69 Å². The molecule has 2 aromatic heterocycles. The maximum absolute atomic E-state index is 12.6. The fourth-order valence-corrected chi connectivity index (χ4v) is 3.61. The number of para-hydroxylation sites is 1. The van der Waals surface area contributed by atoms with E-state index in [0.717, 1.165) is 21.0 Å². The van der Waals surface area contributed by atoms with Gasteiger partial charge in [0, 0.05) is 4.90 Å².